The second kappa shape index (κ2) is 15.8. The molecule has 4 fully saturated rings. The van der Waals surface area contributed by atoms with Gasteiger partial charge in [0.05, 0.1) is 12.2 Å². The summed E-state index contributed by atoms with van der Waals surface area (Å²) in [6, 6.07) is -3.68. The largest absolute Gasteiger partial charge is 0.347 e. The fourth-order valence-electron chi connectivity index (χ4n) is 7.87. The Labute approximate surface area is 288 Å². The van der Waals surface area contributed by atoms with Crippen molar-refractivity contribution in [2.24, 2.45) is 23.2 Å². The zero-order valence-electron chi connectivity index (χ0n) is 29.3. The molecule has 1 saturated heterocycles. The first kappa shape index (κ1) is 36.4. The Bertz CT molecular complexity index is 1390. The molecule has 3 saturated carbocycles. The number of nitrogens with one attached hydrogen (secondary N) is 4. The Morgan fingerprint density at radius 3 is 2.27 bits per heavy atom. The first-order valence-corrected chi connectivity index (χ1v) is 18.2. The molecule has 0 aromatic carbocycles. The van der Waals surface area contributed by atoms with Crippen molar-refractivity contribution in [3.8, 4) is 0 Å². The van der Waals surface area contributed by atoms with Gasteiger partial charge in [0.1, 0.15) is 23.8 Å². The van der Waals surface area contributed by atoms with Gasteiger partial charge in [-0.05, 0) is 68.1 Å². The molecular weight excluding hydrogens is 626 g/mol. The summed E-state index contributed by atoms with van der Waals surface area (Å²) in [5, 5.41) is 11.5. The SMILES string of the molecule is CCC[C@H](NC(=O)[C@H]1[C@@H]2CCC[C@H]2CN1C(=O)C(NC(=O)[C@H](NC(=O)c1cnccn1)C1CCCCC1)C(C)(C)C)C(=O)C(=O)NC1CC1. The molecule has 0 radical (unpaired) electrons. The number of carbonyl (C=O) groups is 6. The van der Waals surface area contributed by atoms with Gasteiger partial charge in [0.15, 0.2) is 0 Å². The van der Waals surface area contributed by atoms with E-state index in [-0.39, 0.29) is 35.4 Å². The molecular formula is C36H53N7O6. The number of fused-ring (bicyclic) bond motifs is 1. The van der Waals surface area contributed by atoms with Crippen molar-refractivity contribution < 1.29 is 28.8 Å². The third kappa shape index (κ3) is 8.83. The predicted octanol–water partition coefficient (Wildman–Crippen LogP) is 2.45. The Kier molecular flexibility index (Phi) is 11.7. The van der Waals surface area contributed by atoms with Crippen LogP contribution < -0.4 is 21.3 Å². The molecule has 4 aliphatic rings. The van der Waals surface area contributed by atoms with E-state index in [2.05, 4.69) is 31.2 Å². The zero-order valence-corrected chi connectivity index (χ0v) is 29.3. The van der Waals surface area contributed by atoms with Gasteiger partial charge < -0.3 is 26.2 Å². The molecule has 0 spiro atoms. The molecule has 5 amide bonds. The highest BCUT2D eigenvalue weighted by molar-refractivity contribution is 6.38. The lowest BCUT2D eigenvalue weighted by molar-refractivity contribution is -0.146. The van der Waals surface area contributed by atoms with Crippen molar-refractivity contribution in [1.82, 2.24) is 36.1 Å². The van der Waals surface area contributed by atoms with Crippen molar-refractivity contribution >= 4 is 35.3 Å². The molecule has 0 bridgehead atoms. The van der Waals surface area contributed by atoms with Crippen LogP contribution in [0, 0.1) is 23.2 Å². The molecule has 4 N–H and O–H groups in total. The van der Waals surface area contributed by atoms with Crippen LogP contribution in [0.5, 0.6) is 0 Å². The molecule has 268 valence electrons. The Morgan fingerprint density at radius 2 is 1.63 bits per heavy atom. The summed E-state index contributed by atoms with van der Waals surface area (Å²) in [7, 11) is 0. The van der Waals surface area contributed by atoms with Crippen LogP contribution in [-0.2, 0) is 24.0 Å². The minimum absolute atomic E-state index is 0.0132. The Balaban J connectivity index is 1.36. The van der Waals surface area contributed by atoms with E-state index >= 15 is 0 Å². The zero-order chi connectivity index (χ0) is 35.3. The highest BCUT2D eigenvalue weighted by atomic mass is 16.2. The summed E-state index contributed by atoms with van der Waals surface area (Å²) >= 11 is 0. The van der Waals surface area contributed by atoms with Gasteiger partial charge in [-0.1, -0.05) is 59.8 Å². The molecule has 49 heavy (non-hydrogen) atoms. The van der Waals surface area contributed by atoms with Gasteiger partial charge in [-0.2, -0.15) is 0 Å². The number of likely N-dealkylation sites (tertiary alicyclic amines) is 1. The first-order valence-electron chi connectivity index (χ1n) is 18.2. The number of amides is 5. The number of rotatable bonds is 13. The fraction of sp³-hybridized carbons (Fsp3) is 0.722. The minimum Gasteiger partial charge on any atom is -0.347 e. The number of nitrogens with zero attached hydrogens (tertiary/aromatic N) is 3. The van der Waals surface area contributed by atoms with Gasteiger partial charge in [0, 0.05) is 25.0 Å². The number of hydrogen-bond acceptors (Lipinski definition) is 8. The Hall–Kier alpha value is -3.90. The standard InChI is InChI=1S/C36H53N7O6/c1-5-10-25(29(44)34(48)39-23-15-16-23)40-33(47)28-24-14-9-13-22(24)20-43(28)35(49)30(36(2,3)4)42-32(46)27(21-11-7-6-8-12-21)41-31(45)26-19-37-17-18-38-26/h17-19,21-25,27-28,30H,5-16,20H2,1-4H3,(H,39,48)(H,40,47)(H,41,45)(H,42,46)/t22-,24+,25-,27+,28+,30?/m0/s1. The predicted molar refractivity (Wildman–Crippen MR) is 181 cm³/mol. The molecule has 6 atom stereocenters. The van der Waals surface area contributed by atoms with Crippen molar-refractivity contribution in [3.63, 3.8) is 0 Å². The van der Waals surface area contributed by atoms with Crippen LogP contribution >= 0.6 is 0 Å². The van der Waals surface area contributed by atoms with E-state index in [0.717, 1.165) is 64.2 Å². The van der Waals surface area contributed by atoms with E-state index in [1.165, 1.54) is 18.6 Å². The van der Waals surface area contributed by atoms with E-state index < -0.39 is 59.0 Å². The normalized spacial score (nSPS) is 24.2. The summed E-state index contributed by atoms with van der Waals surface area (Å²) in [5.41, 5.74) is -0.638. The smallest absolute Gasteiger partial charge is 0.289 e. The van der Waals surface area contributed by atoms with Gasteiger partial charge in [-0.15, -0.1) is 0 Å². The average molecular weight is 680 g/mol. The molecule has 5 rings (SSSR count). The lowest BCUT2D eigenvalue weighted by atomic mass is 9.82. The summed E-state index contributed by atoms with van der Waals surface area (Å²) in [5.74, 6) is -3.20. The van der Waals surface area contributed by atoms with E-state index in [1.807, 2.05) is 27.7 Å². The first-order chi connectivity index (χ1) is 23.4. The van der Waals surface area contributed by atoms with Gasteiger partial charge in [0.2, 0.25) is 23.5 Å². The van der Waals surface area contributed by atoms with Gasteiger partial charge in [-0.3, -0.25) is 33.8 Å². The lowest BCUT2D eigenvalue weighted by Crippen LogP contribution is -2.62. The van der Waals surface area contributed by atoms with Crippen molar-refractivity contribution in [2.75, 3.05) is 6.54 Å². The number of aromatic nitrogens is 2. The maximum Gasteiger partial charge on any atom is 0.289 e. The molecule has 1 aliphatic heterocycles. The molecule has 1 aromatic heterocycles. The maximum atomic E-state index is 14.6. The molecule has 13 heteroatoms. The van der Waals surface area contributed by atoms with Gasteiger partial charge in [0.25, 0.3) is 11.8 Å². The minimum atomic E-state index is -0.994. The van der Waals surface area contributed by atoms with Crippen LogP contribution in [0.2, 0.25) is 0 Å². The number of carbonyl (C=O) groups excluding carboxylic acids is 6. The highest BCUT2D eigenvalue weighted by Gasteiger charge is 2.52. The third-order valence-electron chi connectivity index (χ3n) is 10.7. The van der Waals surface area contributed by atoms with Crippen molar-refractivity contribution in [1.29, 1.82) is 0 Å². The molecule has 1 unspecified atom stereocenters. The monoisotopic (exact) mass is 679 g/mol. The lowest BCUT2D eigenvalue weighted by Gasteiger charge is -2.38. The fourth-order valence-corrected chi connectivity index (χ4v) is 7.87. The number of hydrogen-bond donors (Lipinski definition) is 4. The van der Waals surface area contributed by atoms with E-state index in [9.17, 15) is 28.8 Å². The van der Waals surface area contributed by atoms with Gasteiger partial charge >= 0.3 is 0 Å². The number of ketones is 1. The van der Waals surface area contributed by atoms with Crippen molar-refractivity contribution in [2.45, 2.75) is 135 Å². The van der Waals surface area contributed by atoms with Crippen molar-refractivity contribution in [3.05, 3.63) is 24.3 Å². The summed E-state index contributed by atoms with van der Waals surface area (Å²) in [4.78, 5) is 91.4. The third-order valence-corrected chi connectivity index (χ3v) is 10.7. The molecule has 2 heterocycles. The quantitative estimate of drug-likeness (QED) is 0.230. The molecule has 1 aromatic rings. The summed E-state index contributed by atoms with van der Waals surface area (Å²) in [6.07, 6.45) is 13.9. The van der Waals surface area contributed by atoms with E-state index in [0.29, 0.717) is 19.4 Å². The second-order valence-corrected chi connectivity index (χ2v) is 15.5. The number of Topliss-reactive ketones (excluding diaryl/α,β-unsaturated/α-hetero) is 1. The van der Waals surface area contributed by atoms with Crippen LogP contribution in [0.15, 0.2) is 18.6 Å². The van der Waals surface area contributed by atoms with Crippen LogP contribution in [0.3, 0.4) is 0 Å². The topological polar surface area (TPSA) is 180 Å². The van der Waals surface area contributed by atoms with Crippen LogP contribution in [0.4, 0.5) is 0 Å². The Morgan fingerprint density at radius 1 is 0.898 bits per heavy atom. The maximum absolute atomic E-state index is 14.6. The molecule has 3 aliphatic carbocycles. The van der Waals surface area contributed by atoms with E-state index in [1.54, 1.807) is 4.90 Å². The van der Waals surface area contributed by atoms with Crippen LogP contribution in [0.1, 0.15) is 115 Å². The highest BCUT2D eigenvalue weighted by Crippen LogP contribution is 2.43. The second-order valence-electron chi connectivity index (χ2n) is 15.5. The summed E-state index contributed by atoms with van der Waals surface area (Å²) in [6.45, 7) is 7.85. The summed E-state index contributed by atoms with van der Waals surface area (Å²) < 4.78 is 0. The van der Waals surface area contributed by atoms with E-state index in [4.69, 9.17) is 0 Å². The molecule has 13 nitrogen and oxygen atoms in total. The van der Waals surface area contributed by atoms with Crippen LogP contribution in [0.25, 0.3) is 0 Å². The van der Waals surface area contributed by atoms with Crippen LogP contribution in [-0.4, -0.2) is 86.9 Å². The van der Waals surface area contributed by atoms with Gasteiger partial charge in [-0.25, -0.2) is 4.98 Å². The average Bonchev–Trinajstić information content (AvgIpc) is 3.65.